The number of nitrogens with one attached hydrogen (secondary N) is 1. The van der Waals surface area contributed by atoms with E-state index in [0.29, 0.717) is 0 Å². The van der Waals surface area contributed by atoms with E-state index in [4.69, 9.17) is 11.6 Å². The van der Waals surface area contributed by atoms with Crippen molar-refractivity contribution in [2.45, 2.75) is 20.0 Å². The van der Waals surface area contributed by atoms with Gasteiger partial charge >= 0.3 is 0 Å². The average Bonchev–Trinajstić information content (AvgIpc) is 2.61. The van der Waals surface area contributed by atoms with Crippen LogP contribution in [0.3, 0.4) is 0 Å². The summed E-state index contributed by atoms with van der Waals surface area (Å²) in [4.78, 5) is 1.25. The van der Waals surface area contributed by atoms with E-state index in [0.717, 1.165) is 21.9 Å². The van der Waals surface area contributed by atoms with Gasteiger partial charge in [-0.15, -0.1) is 11.3 Å². The Morgan fingerprint density at radius 1 is 1.29 bits per heavy atom. The fourth-order valence-corrected chi connectivity index (χ4v) is 3.37. The number of benzene rings is 1. The molecule has 1 aromatic heterocycles. The van der Waals surface area contributed by atoms with E-state index < -0.39 is 0 Å². The lowest BCUT2D eigenvalue weighted by atomic mass is 10.1. The van der Waals surface area contributed by atoms with Crippen LogP contribution >= 0.6 is 38.9 Å². The molecular formula is C13H13BrClNS. The van der Waals surface area contributed by atoms with E-state index >= 15 is 0 Å². The Morgan fingerprint density at radius 3 is 2.71 bits per heavy atom. The highest BCUT2D eigenvalue weighted by Crippen LogP contribution is 2.31. The standard InChI is InChI=1S/C13H13BrClNS/c1-9-4-2-3-5-10(9)7-16-8-11-6-12(14)13(15)17-11/h2-6,16H,7-8H2,1H3. The molecule has 0 spiro atoms. The van der Waals surface area contributed by atoms with Gasteiger partial charge in [-0.1, -0.05) is 35.9 Å². The molecule has 17 heavy (non-hydrogen) atoms. The van der Waals surface area contributed by atoms with Gasteiger partial charge in [-0.3, -0.25) is 0 Å². The van der Waals surface area contributed by atoms with Gasteiger partial charge in [-0.05, 0) is 40.0 Å². The maximum Gasteiger partial charge on any atom is 0.107 e. The van der Waals surface area contributed by atoms with Gasteiger partial charge in [0.2, 0.25) is 0 Å². The minimum atomic E-state index is 0.817. The van der Waals surface area contributed by atoms with Crippen molar-refractivity contribution in [3.63, 3.8) is 0 Å². The molecule has 1 heterocycles. The number of hydrogen-bond acceptors (Lipinski definition) is 2. The van der Waals surface area contributed by atoms with E-state index in [-0.39, 0.29) is 0 Å². The zero-order valence-electron chi connectivity index (χ0n) is 9.47. The van der Waals surface area contributed by atoms with Crippen LogP contribution in [0, 0.1) is 6.92 Å². The van der Waals surface area contributed by atoms with Crippen LogP contribution in [0.4, 0.5) is 0 Å². The van der Waals surface area contributed by atoms with Gasteiger partial charge in [0, 0.05) is 22.4 Å². The largest absolute Gasteiger partial charge is 0.308 e. The van der Waals surface area contributed by atoms with Crippen molar-refractivity contribution in [1.29, 1.82) is 0 Å². The number of rotatable bonds is 4. The van der Waals surface area contributed by atoms with Crippen LogP contribution in [0.1, 0.15) is 16.0 Å². The molecule has 0 radical (unpaired) electrons. The zero-order chi connectivity index (χ0) is 12.3. The first-order valence-corrected chi connectivity index (χ1v) is 7.34. The van der Waals surface area contributed by atoms with Crippen LogP contribution in [-0.4, -0.2) is 0 Å². The molecule has 0 atom stereocenters. The maximum absolute atomic E-state index is 5.99. The van der Waals surface area contributed by atoms with Crippen molar-refractivity contribution < 1.29 is 0 Å². The van der Waals surface area contributed by atoms with Crippen molar-refractivity contribution in [1.82, 2.24) is 5.32 Å². The van der Waals surface area contributed by atoms with E-state index in [9.17, 15) is 0 Å². The lowest BCUT2D eigenvalue weighted by Gasteiger charge is -2.06. The summed E-state index contributed by atoms with van der Waals surface area (Å²) < 4.78 is 1.80. The van der Waals surface area contributed by atoms with Gasteiger partial charge in [0.05, 0.1) is 0 Å². The third-order valence-electron chi connectivity index (χ3n) is 2.57. The van der Waals surface area contributed by atoms with Crippen molar-refractivity contribution in [2.24, 2.45) is 0 Å². The van der Waals surface area contributed by atoms with E-state index in [1.165, 1.54) is 16.0 Å². The molecule has 0 amide bonds. The third-order valence-corrected chi connectivity index (χ3v) is 5.05. The molecule has 2 rings (SSSR count). The van der Waals surface area contributed by atoms with Crippen molar-refractivity contribution >= 4 is 38.9 Å². The Labute approximate surface area is 119 Å². The van der Waals surface area contributed by atoms with Gasteiger partial charge in [0.25, 0.3) is 0 Å². The molecule has 0 aliphatic carbocycles. The Morgan fingerprint density at radius 2 is 2.06 bits per heavy atom. The van der Waals surface area contributed by atoms with Crippen LogP contribution in [0.15, 0.2) is 34.8 Å². The molecule has 0 saturated carbocycles. The highest BCUT2D eigenvalue weighted by atomic mass is 79.9. The number of hydrogen-bond donors (Lipinski definition) is 1. The summed E-state index contributed by atoms with van der Waals surface area (Å²) in [6.45, 7) is 3.87. The first-order valence-electron chi connectivity index (χ1n) is 5.36. The molecule has 4 heteroatoms. The predicted molar refractivity (Wildman–Crippen MR) is 78.8 cm³/mol. The second-order valence-corrected chi connectivity index (χ2v) is 6.46. The molecule has 0 fully saturated rings. The Kier molecular flexibility index (Phi) is 4.62. The van der Waals surface area contributed by atoms with Gasteiger partial charge < -0.3 is 5.32 Å². The molecule has 2 aromatic rings. The van der Waals surface area contributed by atoms with Crippen LogP contribution in [-0.2, 0) is 13.1 Å². The fourth-order valence-electron chi connectivity index (χ4n) is 1.61. The molecule has 1 nitrogen and oxygen atoms in total. The van der Waals surface area contributed by atoms with Crippen LogP contribution < -0.4 is 5.32 Å². The first-order chi connectivity index (χ1) is 8.16. The molecule has 0 aliphatic heterocycles. The predicted octanol–water partition coefficient (Wildman–Crippen LogP) is 4.76. The monoisotopic (exact) mass is 329 g/mol. The van der Waals surface area contributed by atoms with E-state index in [1.54, 1.807) is 11.3 Å². The highest BCUT2D eigenvalue weighted by molar-refractivity contribution is 9.10. The topological polar surface area (TPSA) is 12.0 Å². The second-order valence-electron chi connectivity index (χ2n) is 3.86. The first kappa shape index (κ1) is 13.1. The molecule has 90 valence electrons. The van der Waals surface area contributed by atoms with E-state index in [1.807, 2.05) is 0 Å². The quantitative estimate of drug-likeness (QED) is 0.852. The molecule has 0 bridgehead atoms. The summed E-state index contributed by atoms with van der Waals surface area (Å²) in [6, 6.07) is 10.5. The fraction of sp³-hybridized carbons (Fsp3) is 0.231. The van der Waals surface area contributed by atoms with Crippen molar-refractivity contribution in [2.75, 3.05) is 0 Å². The third kappa shape index (κ3) is 3.55. The number of aryl methyl sites for hydroxylation is 1. The van der Waals surface area contributed by atoms with Crippen LogP contribution in [0.5, 0.6) is 0 Å². The molecule has 0 saturated heterocycles. The SMILES string of the molecule is Cc1ccccc1CNCc1cc(Br)c(Cl)s1. The zero-order valence-corrected chi connectivity index (χ0v) is 12.6. The number of halogens is 2. The van der Waals surface area contributed by atoms with E-state index in [2.05, 4.69) is 58.5 Å². The summed E-state index contributed by atoms with van der Waals surface area (Å²) in [5.74, 6) is 0. The van der Waals surface area contributed by atoms with Crippen molar-refractivity contribution in [3.05, 3.63) is 55.1 Å². The summed E-state index contributed by atoms with van der Waals surface area (Å²) >= 11 is 11.0. The molecule has 0 aliphatic rings. The second kappa shape index (κ2) is 6.01. The number of thiophene rings is 1. The highest BCUT2D eigenvalue weighted by Gasteiger charge is 2.04. The van der Waals surface area contributed by atoms with Crippen molar-refractivity contribution in [3.8, 4) is 0 Å². The smallest absolute Gasteiger partial charge is 0.107 e. The molecule has 1 N–H and O–H groups in total. The lowest BCUT2D eigenvalue weighted by Crippen LogP contribution is -2.12. The van der Waals surface area contributed by atoms with Gasteiger partial charge in [-0.25, -0.2) is 0 Å². The summed E-state index contributed by atoms with van der Waals surface area (Å²) in [5, 5.41) is 3.43. The summed E-state index contributed by atoms with van der Waals surface area (Å²) in [5.41, 5.74) is 2.67. The minimum absolute atomic E-state index is 0.817. The minimum Gasteiger partial charge on any atom is -0.308 e. The molecule has 1 aromatic carbocycles. The Bertz CT molecular complexity index is 490. The molecular weight excluding hydrogens is 318 g/mol. The Hall–Kier alpha value is -0.350. The summed E-state index contributed by atoms with van der Waals surface area (Å²) in [6.07, 6.45) is 0. The van der Waals surface area contributed by atoms with Gasteiger partial charge in [-0.2, -0.15) is 0 Å². The Balaban J connectivity index is 1.90. The van der Waals surface area contributed by atoms with Gasteiger partial charge in [0.15, 0.2) is 0 Å². The normalized spacial score (nSPS) is 10.8. The average molecular weight is 331 g/mol. The van der Waals surface area contributed by atoms with Crippen LogP contribution in [0.2, 0.25) is 4.34 Å². The maximum atomic E-state index is 5.99. The van der Waals surface area contributed by atoms with Crippen LogP contribution in [0.25, 0.3) is 0 Å². The lowest BCUT2D eigenvalue weighted by molar-refractivity contribution is 0.698. The summed E-state index contributed by atoms with van der Waals surface area (Å²) in [7, 11) is 0. The van der Waals surface area contributed by atoms with Gasteiger partial charge in [0.1, 0.15) is 4.34 Å². The molecule has 0 unspecified atom stereocenters.